The summed E-state index contributed by atoms with van der Waals surface area (Å²) in [7, 11) is 0. The normalized spacial score (nSPS) is 50.3. The summed E-state index contributed by atoms with van der Waals surface area (Å²) >= 11 is 0. The van der Waals surface area contributed by atoms with Crippen LogP contribution in [0.5, 0.6) is 0 Å². The van der Waals surface area contributed by atoms with Gasteiger partial charge >= 0.3 is 0 Å². The van der Waals surface area contributed by atoms with Crippen LogP contribution in [0.2, 0.25) is 0 Å². The van der Waals surface area contributed by atoms with Crippen molar-refractivity contribution in [2.45, 2.75) is 117 Å². The molecule has 18 atom stereocenters. The van der Waals surface area contributed by atoms with Crippen molar-refractivity contribution in [2.75, 3.05) is 26.4 Å². The maximum absolute atomic E-state index is 12.1. The number of ether oxygens (including phenoxy) is 7. The van der Waals surface area contributed by atoms with Gasteiger partial charge in [0.25, 0.3) is 0 Å². The van der Waals surface area contributed by atoms with E-state index in [4.69, 9.17) is 33.2 Å². The fraction of sp³-hybridized carbons (Fsp3) is 0.958. The lowest BCUT2D eigenvalue weighted by Gasteiger charge is -2.50. The third kappa shape index (κ3) is 7.48. The standard InChI is InChI=1S/C24H41NO19/c1-6(28)25-11-19(18(10(3-27)40-21(11)37)42-22-16(35)12(31)7(29)4-38-22)43-24-20(15(34)14(33)9(2-26)41-24)44-23-17(36)13(32)8(30)5-39-23/h7-24,26-27,29-37H,2-5H2,1H3,(H,25,28)/t7-,8-,9-,10-,11-,12-,13-,14+,15+,16+,17+,18-,19-,20-,21-,22+,23+,24+/m1/s1. The number of aliphatic hydroxyl groups excluding tert-OH is 11. The highest BCUT2D eigenvalue weighted by Crippen LogP contribution is 2.34. The number of hydrogen-bond donors (Lipinski definition) is 12. The molecular weight excluding hydrogens is 606 g/mol. The first kappa shape index (κ1) is 35.6. The maximum Gasteiger partial charge on any atom is 0.217 e. The lowest BCUT2D eigenvalue weighted by molar-refractivity contribution is -0.385. The number of rotatable bonds is 9. The highest BCUT2D eigenvalue weighted by molar-refractivity contribution is 5.73. The van der Waals surface area contributed by atoms with Crippen LogP contribution < -0.4 is 5.32 Å². The van der Waals surface area contributed by atoms with E-state index in [9.17, 15) is 61.0 Å². The van der Waals surface area contributed by atoms with Crippen LogP contribution in [0.25, 0.3) is 0 Å². The zero-order chi connectivity index (χ0) is 32.5. The van der Waals surface area contributed by atoms with E-state index >= 15 is 0 Å². The quantitative estimate of drug-likeness (QED) is 0.110. The van der Waals surface area contributed by atoms with Gasteiger partial charge in [-0.15, -0.1) is 0 Å². The average molecular weight is 648 g/mol. The second-order valence-electron chi connectivity index (χ2n) is 11.0. The van der Waals surface area contributed by atoms with Gasteiger partial charge in [-0.25, -0.2) is 0 Å². The van der Waals surface area contributed by atoms with Crippen LogP contribution in [0, 0.1) is 0 Å². The van der Waals surface area contributed by atoms with Gasteiger partial charge in [-0.1, -0.05) is 0 Å². The molecule has 4 fully saturated rings. The Morgan fingerprint density at radius 3 is 1.64 bits per heavy atom. The Balaban J connectivity index is 1.66. The molecule has 4 rings (SSSR count). The van der Waals surface area contributed by atoms with E-state index in [1.807, 2.05) is 0 Å². The molecule has 4 aliphatic heterocycles. The molecule has 0 unspecified atom stereocenters. The zero-order valence-electron chi connectivity index (χ0n) is 23.4. The van der Waals surface area contributed by atoms with Crippen molar-refractivity contribution in [3.63, 3.8) is 0 Å². The number of nitrogens with one attached hydrogen (secondary N) is 1. The van der Waals surface area contributed by atoms with Gasteiger partial charge in [0.05, 0.1) is 26.4 Å². The minimum atomic E-state index is -1.91. The van der Waals surface area contributed by atoms with Crippen LogP contribution in [0.4, 0.5) is 0 Å². The fourth-order valence-electron chi connectivity index (χ4n) is 5.35. The molecule has 4 heterocycles. The Labute approximate surface area is 249 Å². The molecule has 1 amide bonds. The maximum atomic E-state index is 12.1. The van der Waals surface area contributed by atoms with E-state index in [0.29, 0.717) is 0 Å². The zero-order valence-corrected chi connectivity index (χ0v) is 23.4. The van der Waals surface area contributed by atoms with Crippen LogP contribution in [0.3, 0.4) is 0 Å². The van der Waals surface area contributed by atoms with Crippen LogP contribution in [-0.4, -0.2) is 199 Å². The average Bonchev–Trinajstić information content (AvgIpc) is 2.99. The summed E-state index contributed by atoms with van der Waals surface area (Å²) in [4.78, 5) is 12.1. The third-order valence-electron chi connectivity index (χ3n) is 7.82. The van der Waals surface area contributed by atoms with Crippen molar-refractivity contribution in [2.24, 2.45) is 0 Å². The summed E-state index contributed by atoms with van der Waals surface area (Å²) in [5.74, 6) is -0.702. The van der Waals surface area contributed by atoms with E-state index in [1.54, 1.807) is 0 Å². The minimum absolute atomic E-state index is 0.474. The molecular formula is C24H41NO19. The smallest absolute Gasteiger partial charge is 0.217 e. The molecule has 0 aliphatic carbocycles. The molecule has 0 aromatic heterocycles. The van der Waals surface area contributed by atoms with Gasteiger partial charge in [0.15, 0.2) is 25.2 Å². The summed E-state index contributed by atoms with van der Waals surface area (Å²) in [5, 5.41) is 115. The Hall–Kier alpha value is -1.25. The Bertz CT molecular complexity index is 934. The first-order valence-corrected chi connectivity index (χ1v) is 13.9. The van der Waals surface area contributed by atoms with Crippen LogP contribution in [-0.2, 0) is 38.0 Å². The van der Waals surface area contributed by atoms with Crippen molar-refractivity contribution in [1.29, 1.82) is 0 Å². The second kappa shape index (κ2) is 15.1. The molecule has 4 aliphatic rings. The van der Waals surface area contributed by atoms with Gasteiger partial charge in [-0.3, -0.25) is 4.79 Å². The molecule has 20 heteroatoms. The SMILES string of the molecule is CC(=O)N[C@@H]1[C@@H](O[C@@H]2O[C@H](CO)[C@H](O)[C@H](O)[C@H]2O[C@@H]2OC[C@@H](O)[C@@H](O)[C@@H]2O)[C@H](O[C@@H]2OC[C@@H](O)[C@@H](O)[C@@H]2O)[C@@H](CO)O[C@H]1O. The lowest BCUT2D eigenvalue weighted by Crippen LogP contribution is -2.69. The van der Waals surface area contributed by atoms with Crippen molar-refractivity contribution < 1.29 is 94.1 Å². The van der Waals surface area contributed by atoms with Crippen molar-refractivity contribution in [3.8, 4) is 0 Å². The van der Waals surface area contributed by atoms with Gasteiger partial charge in [-0.2, -0.15) is 0 Å². The summed E-state index contributed by atoms with van der Waals surface area (Å²) in [6.45, 7) is -1.55. The van der Waals surface area contributed by atoms with Crippen LogP contribution >= 0.6 is 0 Å². The molecule has 4 saturated heterocycles. The molecule has 256 valence electrons. The first-order valence-electron chi connectivity index (χ1n) is 13.9. The van der Waals surface area contributed by atoms with Crippen molar-refractivity contribution >= 4 is 5.91 Å². The van der Waals surface area contributed by atoms with Gasteiger partial charge in [0.1, 0.15) is 85.4 Å². The highest BCUT2D eigenvalue weighted by atomic mass is 16.8. The molecule has 20 nitrogen and oxygen atoms in total. The molecule has 0 saturated carbocycles. The Morgan fingerprint density at radius 1 is 0.636 bits per heavy atom. The summed E-state index contributed by atoms with van der Waals surface area (Å²) in [6, 6.07) is -1.52. The summed E-state index contributed by atoms with van der Waals surface area (Å²) in [6.07, 6.45) is -28.7. The van der Waals surface area contributed by atoms with Gasteiger partial charge in [0, 0.05) is 6.92 Å². The molecule has 44 heavy (non-hydrogen) atoms. The summed E-state index contributed by atoms with van der Waals surface area (Å²) < 4.78 is 39.1. The van der Waals surface area contributed by atoms with Gasteiger partial charge in [0.2, 0.25) is 5.91 Å². The van der Waals surface area contributed by atoms with Crippen molar-refractivity contribution in [1.82, 2.24) is 5.32 Å². The minimum Gasteiger partial charge on any atom is -0.394 e. The van der Waals surface area contributed by atoms with E-state index in [0.717, 1.165) is 6.92 Å². The van der Waals surface area contributed by atoms with E-state index in [1.165, 1.54) is 0 Å². The van der Waals surface area contributed by atoms with Crippen LogP contribution in [0.15, 0.2) is 0 Å². The first-order chi connectivity index (χ1) is 20.8. The fourth-order valence-corrected chi connectivity index (χ4v) is 5.35. The molecule has 0 radical (unpaired) electrons. The lowest BCUT2D eigenvalue weighted by atomic mass is 9.94. The molecule has 0 aromatic rings. The molecule has 0 spiro atoms. The largest absolute Gasteiger partial charge is 0.394 e. The van der Waals surface area contributed by atoms with Gasteiger partial charge < -0.3 is 94.6 Å². The molecule has 12 N–H and O–H groups in total. The monoisotopic (exact) mass is 647 g/mol. The predicted molar refractivity (Wildman–Crippen MR) is 133 cm³/mol. The number of amides is 1. The Morgan fingerprint density at radius 2 is 1.14 bits per heavy atom. The molecule has 0 bridgehead atoms. The number of aliphatic hydroxyl groups is 11. The Kier molecular flexibility index (Phi) is 12.2. The predicted octanol–water partition coefficient (Wildman–Crippen LogP) is -8.33. The second-order valence-corrected chi connectivity index (χ2v) is 11.0. The molecule has 0 aromatic carbocycles. The van der Waals surface area contributed by atoms with E-state index in [-0.39, 0.29) is 0 Å². The number of hydrogen-bond acceptors (Lipinski definition) is 19. The van der Waals surface area contributed by atoms with E-state index in [2.05, 4.69) is 5.32 Å². The highest BCUT2D eigenvalue weighted by Gasteiger charge is 2.55. The van der Waals surface area contributed by atoms with E-state index < -0.39 is 143 Å². The van der Waals surface area contributed by atoms with Crippen molar-refractivity contribution in [3.05, 3.63) is 0 Å². The number of carbonyl (C=O) groups excluding carboxylic acids is 1. The van der Waals surface area contributed by atoms with Gasteiger partial charge in [-0.05, 0) is 0 Å². The van der Waals surface area contributed by atoms with Crippen LogP contribution in [0.1, 0.15) is 6.92 Å². The third-order valence-corrected chi connectivity index (χ3v) is 7.82. The topological polar surface area (TPSA) is 316 Å². The number of carbonyl (C=O) groups is 1. The summed E-state index contributed by atoms with van der Waals surface area (Å²) in [5.41, 5.74) is 0.